The lowest BCUT2D eigenvalue weighted by atomic mass is 10.1. The van der Waals surface area contributed by atoms with Gasteiger partial charge in [-0.3, -0.25) is 0 Å². The van der Waals surface area contributed by atoms with Gasteiger partial charge < -0.3 is 15.0 Å². The number of ether oxygens (including phenoxy) is 1. The normalized spacial score (nSPS) is 12.7. The Morgan fingerprint density at radius 1 is 1.39 bits per heavy atom. The summed E-state index contributed by atoms with van der Waals surface area (Å²) in [6.45, 7) is 8.62. The Kier molecular flexibility index (Phi) is 6.76. The molecule has 0 aliphatic carbocycles. The fourth-order valence-corrected chi connectivity index (χ4v) is 2.13. The molecule has 102 valence electrons. The second-order valence-corrected chi connectivity index (χ2v) is 4.96. The van der Waals surface area contributed by atoms with Gasteiger partial charge in [-0.15, -0.1) is 0 Å². The third-order valence-corrected chi connectivity index (χ3v) is 2.95. The number of nitrogens with zero attached hydrogens (tertiary/aromatic N) is 1. The summed E-state index contributed by atoms with van der Waals surface area (Å²) in [6, 6.07) is 8.28. The van der Waals surface area contributed by atoms with Crippen LogP contribution < -0.4 is 10.1 Å². The molecule has 0 saturated carbocycles. The summed E-state index contributed by atoms with van der Waals surface area (Å²) in [5, 5.41) is 3.39. The van der Waals surface area contributed by atoms with Gasteiger partial charge in [0, 0.05) is 13.1 Å². The van der Waals surface area contributed by atoms with E-state index in [0.29, 0.717) is 5.92 Å². The molecular formula is C15H26N2O. The molecule has 18 heavy (non-hydrogen) atoms. The Balaban J connectivity index is 2.40. The number of rotatable bonds is 8. The molecule has 1 unspecified atom stereocenters. The molecule has 3 nitrogen and oxygen atoms in total. The van der Waals surface area contributed by atoms with Crippen molar-refractivity contribution in [2.45, 2.75) is 20.4 Å². The van der Waals surface area contributed by atoms with Crippen LogP contribution in [0.15, 0.2) is 24.3 Å². The van der Waals surface area contributed by atoms with E-state index < -0.39 is 0 Å². The highest BCUT2D eigenvalue weighted by molar-refractivity contribution is 5.28. The van der Waals surface area contributed by atoms with Gasteiger partial charge >= 0.3 is 0 Å². The van der Waals surface area contributed by atoms with Crippen molar-refractivity contribution in [2.24, 2.45) is 5.92 Å². The summed E-state index contributed by atoms with van der Waals surface area (Å²) in [7, 11) is 3.88. The summed E-state index contributed by atoms with van der Waals surface area (Å²) in [5.74, 6) is 1.60. The minimum absolute atomic E-state index is 0.667. The van der Waals surface area contributed by atoms with Gasteiger partial charge in [0.1, 0.15) is 5.75 Å². The summed E-state index contributed by atoms with van der Waals surface area (Å²) in [6.07, 6.45) is 0. The van der Waals surface area contributed by atoms with Crippen LogP contribution in [0, 0.1) is 5.92 Å². The van der Waals surface area contributed by atoms with Crippen LogP contribution >= 0.6 is 0 Å². The lowest BCUT2D eigenvalue weighted by molar-refractivity contribution is 0.274. The zero-order chi connectivity index (χ0) is 13.4. The van der Waals surface area contributed by atoms with Crippen LogP contribution in [0.2, 0.25) is 0 Å². The summed E-state index contributed by atoms with van der Waals surface area (Å²) in [5.41, 5.74) is 1.30. The molecule has 0 aliphatic rings. The van der Waals surface area contributed by atoms with E-state index in [0.717, 1.165) is 31.9 Å². The predicted molar refractivity (Wildman–Crippen MR) is 77.0 cm³/mol. The minimum Gasteiger partial charge on any atom is -0.497 e. The fourth-order valence-electron chi connectivity index (χ4n) is 2.13. The van der Waals surface area contributed by atoms with E-state index in [4.69, 9.17) is 4.74 Å². The molecule has 0 aliphatic heterocycles. The molecule has 0 radical (unpaired) electrons. The number of methoxy groups -OCH3 is 1. The van der Waals surface area contributed by atoms with Crippen molar-refractivity contribution in [1.29, 1.82) is 0 Å². The number of nitrogens with one attached hydrogen (secondary N) is 1. The highest BCUT2D eigenvalue weighted by atomic mass is 16.5. The maximum Gasteiger partial charge on any atom is 0.119 e. The van der Waals surface area contributed by atoms with Crippen molar-refractivity contribution in [3.63, 3.8) is 0 Å². The third kappa shape index (κ3) is 5.52. The van der Waals surface area contributed by atoms with Crippen LogP contribution in [-0.2, 0) is 6.54 Å². The van der Waals surface area contributed by atoms with E-state index in [2.05, 4.69) is 43.2 Å². The first-order valence-electron chi connectivity index (χ1n) is 6.68. The standard InChI is InChI=1S/C15H26N2O/c1-5-16-10-13(2)11-17(3)12-14-7-6-8-15(9-14)18-4/h6-9,13,16H,5,10-12H2,1-4H3. The zero-order valence-electron chi connectivity index (χ0n) is 12.1. The van der Waals surface area contributed by atoms with Gasteiger partial charge in [0.05, 0.1) is 7.11 Å². The molecule has 1 atom stereocenters. The van der Waals surface area contributed by atoms with E-state index in [1.807, 2.05) is 12.1 Å². The molecular weight excluding hydrogens is 224 g/mol. The first-order valence-corrected chi connectivity index (χ1v) is 6.68. The largest absolute Gasteiger partial charge is 0.497 e. The molecule has 1 aromatic rings. The monoisotopic (exact) mass is 250 g/mol. The lowest BCUT2D eigenvalue weighted by Crippen LogP contribution is -2.30. The fraction of sp³-hybridized carbons (Fsp3) is 0.600. The van der Waals surface area contributed by atoms with E-state index in [-0.39, 0.29) is 0 Å². The van der Waals surface area contributed by atoms with Crippen molar-refractivity contribution in [3.8, 4) is 5.75 Å². The molecule has 0 spiro atoms. The van der Waals surface area contributed by atoms with Gasteiger partial charge in [-0.2, -0.15) is 0 Å². The predicted octanol–water partition coefficient (Wildman–Crippen LogP) is 2.37. The van der Waals surface area contributed by atoms with Gasteiger partial charge in [0.25, 0.3) is 0 Å². The van der Waals surface area contributed by atoms with Crippen molar-refractivity contribution >= 4 is 0 Å². The van der Waals surface area contributed by atoms with Gasteiger partial charge in [-0.1, -0.05) is 26.0 Å². The van der Waals surface area contributed by atoms with Crippen molar-refractivity contribution in [2.75, 3.05) is 33.8 Å². The quantitative estimate of drug-likeness (QED) is 0.766. The zero-order valence-corrected chi connectivity index (χ0v) is 12.1. The average molecular weight is 250 g/mol. The van der Waals surface area contributed by atoms with Crippen molar-refractivity contribution in [1.82, 2.24) is 10.2 Å². The van der Waals surface area contributed by atoms with Gasteiger partial charge in [0.2, 0.25) is 0 Å². The first-order chi connectivity index (χ1) is 8.65. The van der Waals surface area contributed by atoms with Crippen LogP contribution in [0.5, 0.6) is 5.75 Å². The van der Waals surface area contributed by atoms with Crippen LogP contribution in [0.25, 0.3) is 0 Å². The molecule has 0 bridgehead atoms. The summed E-state index contributed by atoms with van der Waals surface area (Å²) < 4.78 is 5.24. The molecule has 3 heteroatoms. The Labute approximate surface area is 111 Å². The van der Waals surface area contributed by atoms with E-state index >= 15 is 0 Å². The van der Waals surface area contributed by atoms with Gasteiger partial charge in [-0.05, 0) is 43.8 Å². The van der Waals surface area contributed by atoms with Crippen LogP contribution in [0.4, 0.5) is 0 Å². The second-order valence-electron chi connectivity index (χ2n) is 4.96. The molecule has 1 N–H and O–H groups in total. The molecule has 0 fully saturated rings. The molecule has 0 heterocycles. The van der Waals surface area contributed by atoms with Gasteiger partial charge in [0.15, 0.2) is 0 Å². The first kappa shape index (κ1) is 15.0. The van der Waals surface area contributed by atoms with E-state index in [9.17, 15) is 0 Å². The Morgan fingerprint density at radius 3 is 2.83 bits per heavy atom. The lowest BCUT2D eigenvalue weighted by Gasteiger charge is -2.21. The maximum atomic E-state index is 5.24. The molecule has 1 rings (SSSR count). The van der Waals surface area contributed by atoms with E-state index in [1.165, 1.54) is 5.56 Å². The van der Waals surface area contributed by atoms with E-state index in [1.54, 1.807) is 7.11 Å². The number of hydrogen-bond acceptors (Lipinski definition) is 3. The summed E-state index contributed by atoms with van der Waals surface area (Å²) >= 11 is 0. The topological polar surface area (TPSA) is 24.5 Å². The smallest absolute Gasteiger partial charge is 0.119 e. The van der Waals surface area contributed by atoms with Crippen molar-refractivity contribution in [3.05, 3.63) is 29.8 Å². The highest BCUT2D eigenvalue weighted by Crippen LogP contribution is 2.14. The average Bonchev–Trinajstić information content (AvgIpc) is 2.36. The van der Waals surface area contributed by atoms with Crippen molar-refractivity contribution < 1.29 is 4.74 Å². The Bertz CT molecular complexity index is 341. The molecule has 0 amide bonds. The SMILES string of the molecule is CCNCC(C)CN(C)Cc1cccc(OC)c1. The Hall–Kier alpha value is -1.06. The van der Waals surface area contributed by atoms with Crippen LogP contribution in [0.1, 0.15) is 19.4 Å². The third-order valence-electron chi connectivity index (χ3n) is 2.95. The van der Waals surface area contributed by atoms with Crippen LogP contribution in [0.3, 0.4) is 0 Å². The van der Waals surface area contributed by atoms with Crippen LogP contribution in [-0.4, -0.2) is 38.7 Å². The molecule has 0 aromatic heterocycles. The Morgan fingerprint density at radius 2 is 2.17 bits per heavy atom. The van der Waals surface area contributed by atoms with Gasteiger partial charge in [-0.25, -0.2) is 0 Å². The number of hydrogen-bond donors (Lipinski definition) is 1. The molecule has 1 aromatic carbocycles. The minimum atomic E-state index is 0.667. The number of benzene rings is 1. The summed E-state index contributed by atoms with van der Waals surface area (Å²) in [4.78, 5) is 2.36. The molecule has 0 saturated heterocycles. The second kappa shape index (κ2) is 8.11. The highest BCUT2D eigenvalue weighted by Gasteiger charge is 2.07. The maximum absolute atomic E-state index is 5.24.